The molecular formula is C22H30ClN5OS2. The Kier molecular flexibility index (Phi) is 7.31. The van der Waals surface area contributed by atoms with Gasteiger partial charge in [0.25, 0.3) is 0 Å². The highest BCUT2D eigenvalue weighted by atomic mass is 35.5. The molecule has 2 aromatic rings. The number of benzene rings is 1. The van der Waals surface area contributed by atoms with Gasteiger partial charge in [-0.3, -0.25) is 9.69 Å². The first kappa shape index (κ1) is 22.7. The number of hydrogen-bond acceptors (Lipinski definition) is 6. The van der Waals surface area contributed by atoms with Gasteiger partial charge in [-0.05, 0) is 68.4 Å². The average molecular weight is 480 g/mol. The minimum atomic E-state index is 0.161. The van der Waals surface area contributed by atoms with E-state index in [2.05, 4.69) is 27.1 Å². The Morgan fingerprint density at radius 1 is 1.29 bits per heavy atom. The van der Waals surface area contributed by atoms with Crippen LogP contribution in [-0.4, -0.2) is 51.7 Å². The molecule has 1 atom stereocenters. The Labute approximate surface area is 198 Å². The van der Waals surface area contributed by atoms with Gasteiger partial charge in [0.15, 0.2) is 3.95 Å². The van der Waals surface area contributed by atoms with Gasteiger partial charge in [-0.2, -0.15) is 0 Å². The van der Waals surface area contributed by atoms with Crippen molar-refractivity contribution in [2.75, 3.05) is 31.5 Å². The quantitative estimate of drug-likeness (QED) is 0.589. The van der Waals surface area contributed by atoms with Gasteiger partial charge in [0, 0.05) is 42.8 Å². The zero-order valence-corrected chi connectivity index (χ0v) is 20.5. The second kappa shape index (κ2) is 9.98. The van der Waals surface area contributed by atoms with Crippen molar-refractivity contribution in [3.05, 3.63) is 32.7 Å². The van der Waals surface area contributed by atoms with Gasteiger partial charge in [0.1, 0.15) is 0 Å². The number of carbonyl (C=O) groups is 1. The molecule has 1 aromatic carbocycles. The van der Waals surface area contributed by atoms with Crippen molar-refractivity contribution in [2.24, 2.45) is 11.8 Å². The van der Waals surface area contributed by atoms with E-state index in [4.69, 9.17) is 23.8 Å². The summed E-state index contributed by atoms with van der Waals surface area (Å²) in [4.78, 5) is 17.3. The molecule has 6 nitrogen and oxygen atoms in total. The van der Waals surface area contributed by atoms with Gasteiger partial charge in [0.05, 0.1) is 6.67 Å². The number of rotatable bonds is 5. The van der Waals surface area contributed by atoms with Crippen molar-refractivity contribution in [2.45, 2.75) is 46.2 Å². The minimum absolute atomic E-state index is 0.161. The molecule has 2 aliphatic heterocycles. The second-order valence-electron chi connectivity index (χ2n) is 8.83. The molecule has 0 aliphatic carbocycles. The molecule has 0 bridgehead atoms. The summed E-state index contributed by atoms with van der Waals surface area (Å²) >= 11 is 13.2. The topological polar surface area (TPSA) is 53.4 Å². The number of anilines is 2. The summed E-state index contributed by atoms with van der Waals surface area (Å²) < 4.78 is 2.60. The number of likely N-dealkylation sites (tertiary alicyclic amines) is 2. The highest BCUT2D eigenvalue weighted by Crippen LogP contribution is 2.26. The molecule has 1 amide bonds. The van der Waals surface area contributed by atoms with Crippen molar-refractivity contribution in [1.29, 1.82) is 0 Å². The standard InChI is InChI=1S/C22H30ClN5OS2/c1-15-4-3-9-27(13-15)20(29)17-7-10-26(11-8-17)14-28-22(30)31-21(25-28)24-18-6-5-16(2)19(23)12-18/h5-6,12,15,17H,3-4,7-11,13-14H2,1-2H3,(H,24,25). The molecule has 4 rings (SSSR count). The van der Waals surface area contributed by atoms with E-state index in [0.717, 1.165) is 70.8 Å². The summed E-state index contributed by atoms with van der Waals surface area (Å²) in [6, 6.07) is 5.87. The van der Waals surface area contributed by atoms with Crippen LogP contribution >= 0.6 is 35.2 Å². The third kappa shape index (κ3) is 5.66. The maximum absolute atomic E-state index is 12.9. The predicted molar refractivity (Wildman–Crippen MR) is 130 cm³/mol. The molecule has 0 saturated carbocycles. The van der Waals surface area contributed by atoms with Crippen LogP contribution < -0.4 is 5.32 Å². The van der Waals surface area contributed by atoms with E-state index in [1.54, 1.807) is 0 Å². The molecule has 31 heavy (non-hydrogen) atoms. The van der Waals surface area contributed by atoms with Gasteiger partial charge < -0.3 is 10.2 Å². The van der Waals surface area contributed by atoms with E-state index in [0.29, 0.717) is 18.5 Å². The Hall–Kier alpha value is -1.48. The average Bonchev–Trinajstić information content (AvgIpc) is 3.09. The van der Waals surface area contributed by atoms with Gasteiger partial charge in [-0.1, -0.05) is 35.9 Å². The van der Waals surface area contributed by atoms with Gasteiger partial charge in [-0.15, -0.1) is 5.10 Å². The third-order valence-electron chi connectivity index (χ3n) is 6.27. The Bertz CT molecular complexity index is 983. The maximum atomic E-state index is 12.9. The van der Waals surface area contributed by atoms with Crippen molar-refractivity contribution >= 4 is 51.9 Å². The molecule has 1 N–H and O–H groups in total. The van der Waals surface area contributed by atoms with Crippen LogP contribution in [0.2, 0.25) is 5.02 Å². The number of amides is 1. The monoisotopic (exact) mass is 479 g/mol. The largest absolute Gasteiger partial charge is 0.342 e. The molecule has 2 aliphatic rings. The number of piperidine rings is 2. The molecule has 0 spiro atoms. The zero-order chi connectivity index (χ0) is 22.0. The predicted octanol–water partition coefficient (Wildman–Crippen LogP) is 5.31. The molecule has 2 saturated heterocycles. The summed E-state index contributed by atoms with van der Waals surface area (Å²) in [5.74, 6) is 1.15. The van der Waals surface area contributed by atoms with Crippen LogP contribution in [0.15, 0.2) is 18.2 Å². The highest BCUT2D eigenvalue weighted by molar-refractivity contribution is 7.73. The SMILES string of the molecule is Cc1ccc(Nc2nn(CN3CCC(C(=O)N4CCCC(C)C4)CC3)c(=S)s2)cc1Cl. The first-order chi connectivity index (χ1) is 14.9. The van der Waals surface area contributed by atoms with Crippen LogP contribution in [-0.2, 0) is 11.5 Å². The fourth-order valence-electron chi connectivity index (χ4n) is 4.40. The van der Waals surface area contributed by atoms with Crippen LogP contribution in [0.3, 0.4) is 0 Å². The van der Waals surface area contributed by atoms with E-state index in [-0.39, 0.29) is 5.92 Å². The normalized spacial score (nSPS) is 20.7. The minimum Gasteiger partial charge on any atom is -0.342 e. The molecule has 3 heterocycles. The van der Waals surface area contributed by atoms with Gasteiger partial charge in [0.2, 0.25) is 11.0 Å². The van der Waals surface area contributed by atoms with Crippen molar-refractivity contribution in [3.8, 4) is 0 Å². The van der Waals surface area contributed by atoms with E-state index in [1.165, 1.54) is 17.8 Å². The third-order valence-corrected chi connectivity index (χ3v) is 7.90. The molecule has 168 valence electrons. The van der Waals surface area contributed by atoms with Crippen LogP contribution in [0.4, 0.5) is 10.8 Å². The Balaban J connectivity index is 1.31. The first-order valence-electron chi connectivity index (χ1n) is 11.0. The molecule has 0 radical (unpaired) electrons. The number of aromatic nitrogens is 2. The molecule has 9 heteroatoms. The molecule has 1 unspecified atom stereocenters. The fraction of sp³-hybridized carbons (Fsp3) is 0.591. The molecular weight excluding hydrogens is 450 g/mol. The lowest BCUT2D eigenvalue weighted by Crippen LogP contribution is -2.46. The fourth-order valence-corrected chi connectivity index (χ4v) is 5.59. The zero-order valence-electron chi connectivity index (χ0n) is 18.1. The maximum Gasteiger partial charge on any atom is 0.225 e. The van der Waals surface area contributed by atoms with Crippen LogP contribution in [0, 0.1) is 22.7 Å². The number of carbonyl (C=O) groups excluding carboxylic acids is 1. The lowest BCUT2D eigenvalue weighted by atomic mass is 9.93. The molecule has 1 aromatic heterocycles. The van der Waals surface area contributed by atoms with Crippen LogP contribution in [0.25, 0.3) is 0 Å². The van der Waals surface area contributed by atoms with E-state index in [1.807, 2.05) is 29.8 Å². The van der Waals surface area contributed by atoms with E-state index < -0.39 is 0 Å². The summed E-state index contributed by atoms with van der Waals surface area (Å²) in [5, 5.41) is 9.43. The van der Waals surface area contributed by atoms with Crippen LogP contribution in [0.1, 0.15) is 38.2 Å². The smallest absolute Gasteiger partial charge is 0.225 e. The number of nitrogens with zero attached hydrogens (tertiary/aromatic N) is 4. The lowest BCUT2D eigenvalue weighted by Gasteiger charge is -2.37. The summed E-state index contributed by atoms with van der Waals surface area (Å²) in [7, 11) is 0. The van der Waals surface area contributed by atoms with E-state index in [9.17, 15) is 4.79 Å². The number of hydrogen-bond donors (Lipinski definition) is 1. The summed E-state index contributed by atoms with van der Waals surface area (Å²) in [6.45, 7) is 8.54. The van der Waals surface area contributed by atoms with E-state index >= 15 is 0 Å². The number of aryl methyl sites for hydroxylation is 1. The highest BCUT2D eigenvalue weighted by Gasteiger charge is 2.30. The number of nitrogens with one attached hydrogen (secondary N) is 1. The lowest BCUT2D eigenvalue weighted by molar-refractivity contribution is -0.139. The van der Waals surface area contributed by atoms with Crippen LogP contribution in [0.5, 0.6) is 0 Å². The second-order valence-corrected chi connectivity index (χ2v) is 10.9. The van der Waals surface area contributed by atoms with Crippen molar-refractivity contribution < 1.29 is 4.79 Å². The van der Waals surface area contributed by atoms with Gasteiger partial charge >= 0.3 is 0 Å². The first-order valence-corrected chi connectivity index (χ1v) is 12.6. The van der Waals surface area contributed by atoms with Gasteiger partial charge in [-0.25, -0.2) is 4.68 Å². The summed E-state index contributed by atoms with van der Waals surface area (Å²) in [6.07, 6.45) is 4.20. The summed E-state index contributed by atoms with van der Waals surface area (Å²) in [5.41, 5.74) is 1.94. The van der Waals surface area contributed by atoms with Crippen molar-refractivity contribution in [1.82, 2.24) is 19.6 Å². The number of halogens is 1. The Morgan fingerprint density at radius 3 is 2.77 bits per heavy atom. The Morgan fingerprint density at radius 2 is 2.06 bits per heavy atom. The molecule has 2 fully saturated rings. The van der Waals surface area contributed by atoms with Crippen molar-refractivity contribution in [3.63, 3.8) is 0 Å².